The van der Waals surface area contributed by atoms with Crippen molar-refractivity contribution < 1.29 is 4.39 Å². The number of nitrogens with zero attached hydrogens (tertiary/aromatic N) is 5. The van der Waals surface area contributed by atoms with E-state index in [9.17, 15) is 14.0 Å². The van der Waals surface area contributed by atoms with Crippen molar-refractivity contribution in [3.63, 3.8) is 0 Å². The first-order valence-corrected chi connectivity index (χ1v) is 10.4. The van der Waals surface area contributed by atoms with E-state index >= 15 is 0 Å². The molecule has 3 aromatic heterocycles. The molecular formula is C22H24FN5O2. The third kappa shape index (κ3) is 2.74. The highest BCUT2D eigenvalue weighted by molar-refractivity contribution is 5.75. The van der Waals surface area contributed by atoms with Gasteiger partial charge in [-0.2, -0.15) is 4.98 Å². The number of hydrogen-bond donors (Lipinski definition) is 0. The van der Waals surface area contributed by atoms with Gasteiger partial charge in [0.2, 0.25) is 5.78 Å². The molecule has 0 saturated heterocycles. The lowest BCUT2D eigenvalue weighted by Crippen LogP contribution is -2.39. The van der Waals surface area contributed by atoms with Gasteiger partial charge < -0.3 is 4.57 Å². The molecule has 0 radical (unpaired) electrons. The van der Waals surface area contributed by atoms with E-state index in [1.807, 2.05) is 13.1 Å². The Morgan fingerprint density at radius 3 is 2.60 bits per heavy atom. The molecule has 0 aliphatic heterocycles. The van der Waals surface area contributed by atoms with Crippen molar-refractivity contribution >= 4 is 16.9 Å². The third-order valence-corrected chi connectivity index (χ3v) is 6.29. The average Bonchev–Trinajstić information content (AvgIpc) is 3.26. The number of aromatic nitrogens is 5. The van der Waals surface area contributed by atoms with Crippen LogP contribution in [0.5, 0.6) is 0 Å². The third-order valence-electron chi connectivity index (χ3n) is 6.29. The van der Waals surface area contributed by atoms with Crippen LogP contribution >= 0.6 is 0 Å². The van der Waals surface area contributed by atoms with Crippen molar-refractivity contribution in [2.75, 3.05) is 0 Å². The highest BCUT2D eigenvalue weighted by atomic mass is 19.1. The SMILES string of the molecule is Cc1cn2c3c(=O)n(Cc4ccccc4F)c(=O)n(C)c3nc2n1C1CCCCC1. The van der Waals surface area contributed by atoms with E-state index in [2.05, 4.69) is 4.57 Å². The maximum Gasteiger partial charge on any atom is 0.332 e. The summed E-state index contributed by atoms with van der Waals surface area (Å²) in [6.45, 7) is 1.90. The van der Waals surface area contributed by atoms with Crippen LogP contribution in [0.4, 0.5) is 4.39 Å². The molecule has 3 heterocycles. The lowest BCUT2D eigenvalue weighted by molar-refractivity contribution is 0.355. The van der Waals surface area contributed by atoms with Gasteiger partial charge in [-0.05, 0) is 25.8 Å². The van der Waals surface area contributed by atoms with Gasteiger partial charge in [-0.25, -0.2) is 9.18 Å². The van der Waals surface area contributed by atoms with Crippen LogP contribution in [0.25, 0.3) is 16.9 Å². The summed E-state index contributed by atoms with van der Waals surface area (Å²) in [6, 6.07) is 6.54. The second kappa shape index (κ2) is 6.97. The fraction of sp³-hybridized carbons (Fsp3) is 0.409. The van der Waals surface area contributed by atoms with Crippen LogP contribution in [-0.4, -0.2) is 23.1 Å². The zero-order chi connectivity index (χ0) is 21.0. The Morgan fingerprint density at radius 2 is 1.87 bits per heavy atom. The molecule has 0 unspecified atom stereocenters. The Bertz CT molecular complexity index is 1380. The first kappa shape index (κ1) is 18.8. The van der Waals surface area contributed by atoms with Crippen molar-refractivity contribution in [1.29, 1.82) is 0 Å². The fourth-order valence-electron chi connectivity index (χ4n) is 4.75. The van der Waals surface area contributed by atoms with Crippen LogP contribution in [0.3, 0.4) is 0 Å². The van der Waals surface area contributed by atoms with Gasteiger partial charge in [0.25, 0.3) is 5.56 Å². The van der Waals surface area contributed by atoms with Crippen molar-refractivity contribution in [3.05, 3.63) is 68.4 Å². The quantitative estimate of drug-likeness (QED) is 0.522. The molecule has 1 saturated carbocycles. The number of rotatable bonds is 3. The zero-order valence-electron chi connectivity index (χ0n) is 17.1. The summed E-state index contributed by atoms with van der Waals surface area (Å²) in [7, 11) is 1.60. The van der Waals surface area contributed by atoms with Crippen molar-refractivity contribution in [2.45, 2.75) is 51.6 Å². The number of hydrogen-bond acceptors (Lipinski definition) is 3. The molecule has 8 heteroatoms. The van der Waals surface area contributed by atoms with Gasteiger partial charge in [0, 0.05) is 30.5 Å². The number of aryl methyl sites for hydroxylation is 2. The topological polar surface area (TPSA) is 66.2 Å². The summed E-state index contributed by atoms with van der Waals surface area (Å²) in [5.74, 6) is 0.245. The van der Waals surface area contributed by atoms with E-state index in [0.717, 1.165) is 23.1 Å². The minimum atomic E-state index is -0.502. The molecule has 1 fully saturated rings. The monoisotopic (exact) mass is 409 g/mol. The summed E-state index contributed by atoms with van der Waals surface area (Å²) < 4.78 is 20.6. The lowest BCUT2D eigenvalue weighted by atomic mass is 9.95. The minimum absolute atomic E-state index is 0.121. The van der Waals surface area contributed by atoms with Gasteiger partial charge in [-0.3, -0.25) is 18.3 Å². The van der Waals surface area contributed by atoms with Gasteiger partial charge in [0.1, 0.15) is 5.82 Å². The largest absolute Gasteiger partial charge is 0.332 e. The van der Waals surface area contributed by atoms with Crippen LogP contribution in [0.15, 0.2) is 40.1 Å². The molecule has 0 spiro atoms. The first-order valence-electron chi connectivity index (χ1n) is 10.4. The predicted octanol–water partition coefficient (Wildman–Crippen LogP) is 3.15. The molecule has 5 rings (SSSR count). The van der Waals surface area contributed by atoms with Crippen LogP contribution in [0.2, 0.25) is 0 Å². The smallest absolute Gasteiger partial charge is 0.311 e. The molecule has 1 aliphatic carbocycles. The molecule has 30 heavy (non-hydrogen) atoms. The molecule has 7 nitrogen and oxygen atoms in total. The van der Waals surface area contributed by atoms with Crippen molar-refractivity contribution in [1.82, 2.24) is 23.1 Å². The number of benzene rings is 1. The number of imidazole rings is 2. The Kier molecular flexibility index (Phi) is 4.38. The summed E-state index contributed by atoms with van der Waals surface area (Å²) in [4.78, 5) is 31.0. The summed E-state index contributed by atoms with van der Waals surface area (Å²) in [5, 5.41) is 0. The van der Waals surface area contributed by atoms with Crippen molar-refractivity contribution in [3.8, 4) is 0 Å². The highest BCUT2D eigenvalue weighted by Crippen LogP contribution is 2.31. The second-order valence-corrected chi connectivity index (χ2v) is 8.21. The Morgan fingerprint density at radius 1 is 1.13 bits per heavy atom. The zero-order valence-corrected chi connectivity index (χ0v) is 17.1. The highest BCUT2D eigenvalue weighted by Gasteiger charge is 2.24. The maximum absolute atomic E-state index is 14.2. The average molecular weight is 409 g/mol. The molecule has 1 aliphatic rings. The van der Waals surface area contributed by atoms with Crippen LogP contribution in [0.1, 0.15) is 49.4 Å². The normalized spacial score (nSPS) is 15.4. The summed E-state index contributed by atoms with van der Waals surface area (Å²) >= 11 is 0. The van der Waals surface area contributed by atoms with E-state index in [1.165, 1.54) is 29.9 Å². The standard InChI is InChI=1S/C22H24FN5O2/c1-14-12-26-18-19(24-21(26)28(14)16-9-4-3-5-10-16)25(2)22(30)27(20(18)29)13-15-8-6-7-11-17(15)23/h6-8,11-12,16H,3-5,9-10,13H2,1-2H3. The van der Waals surface area contributed by atoms with Gasteiger partial charge in [0.05, 0.1) is 6.54 Å². The summed E-state index contributed by atoms with van der Waals surface area (Å²) in [5.41, 5.74) is 1.09. The van der Waals surface area contributed by atoms with Crippen LogP contribution in [0, 0.1) is 12.7 Å². The van der Waals surface area contributed by atoms with Gasteiger partial charge in [0.15, 0.2) is 11.2 Å². The van der Waals surface area contributed by atoms with Crippen molar-refractivity contribution in [2.24, 2.45) is 7.05 Å². The molecule has 0 amide bonds. The summed E-state index contributed by atoms with van der Waals surface area (Å²) in [6.07, 6.45) is 7.71. The van der Waals surface area contributed by atoms with E-state index in [0.29, 0.717) is 28.5 Å². The minimum Gasteiger partial charge on any atom is -0.311 e. The van der Waals surface area contributed by atoms with Crippen LogP contribution in [-0.2, 0) is 13.6 Å². The Labute approximate surface area is 172 Å². The molecule has 4 aromatic rings. The van der Waals surface area contributed by atoms with Gasteiger partial charge in [-0.15, -0.1) is 0 Å². The Hall–Kier alpha value is -3.16. The predicted molar refractivity (Wildman–Crippen MR) is 113 cm³/mol. The van der Waals surface area contributed by atoms with E-state index < -0.39 is 17.1 Å². The molecule has 0 atom stereocenters. The Balaban J connectivity index is 1.75. The lowest BCUT2D eigenvalue weighted by Gasteiger charge is -2.24. The molecule has 156 valence electrons. The van der Waals surface area contributed by atoms with E-state index in [1.54, 1.807) is 29.6 Å². The van der Waals surface area contributed by atoms with Crippen LogP contribution < -0.4 is 11.2 Å². The molecule has 1 aromatic carbocycles. The number of halogens is 1. The maximum atomic E-state index is 14.2. The molecular weight excluding hydrogens is 385 g/mol. The molecule has 0 bridgehead atoms. The van der Waals surface area contributed by atoms with E-state index in [-0.39, 0.29) is 6.54 Å². The second-order valence-electron chi connectivity index (χ2n) is 8.21. The molecule has 0 N–H and O–H groups in total. The first-order chi connectivity index (χ1) is 14.5. The van der Waals surface area contributed by atoms with Gasteiger partial charge in [-0.1, -0.05) is 37.5 Å². The van der Waals surface area contributed by atoms with E-state index in [4.69, 9.17) is 4.98 Å². The number of fused-ring (bicyclic) bond motifs is 3. The fourth-order valence-corrected chi connectivity index (χ4v) is 4.75. The van der Waals surface area contributed by atoms with Gasteiger partial charge >= 0.3 is 5.69 Å².